The van der Waals surface area contributed by atoms with Crippen molar-refractivity contribution >= 4 is 15.9 Å². The fourth-order valence-corrected chi connectivity index (χ4v) is 1.75. The van der Waals surface area contributed by atoms with Crippen molar-refractivity contribution in [1.82, 2.24) is 0 Å². The van der Waals surface area contributed by atoms with E-state index in [0.717, 1.165) is 23.3 Å². The van der Waals surface area contributed by atoms with Gasteiger partial charge in [0.2, 0.25) is 0 Å². The van der Waals surface area contributed by atoms with Crippen molar-refractivity contribution in [2.45, 2.75) is 12.5 Å². The van der Waals surface area contributed by atoms with E-state index in [1.807, 2.05) is 6.08 Å². The fourth-order valence-electron chi connectivity index (χ4n) is 1.56. The summed E-state index contributed by atoms with van der Waals surface area (Å²) in [5.41, 5.74) is 0. The van der Waals surface area contributed by atoms with Crippen molar-refractivity contribution in [2.24, 2.45) is 0 Å². The van der Waals surface area contributed by atoms with Gasteiger partial charge in [-0.1, -0.05) is 22.0 Å². The van der Waals surface area contributed by atoms with Crippen molar-refractivity contribution in [3.63, 3.8) is 0 Å². The van der Waals surface area contributed by atoms with Crippen LogP contribution in [-0.2, 0) is 14.2 Å². The molecule has 0 fully saturated rings. The molecular formula is C10H13BrO3. The van der Waals surface area contributed by atoms with E-state index in [9.17, 15) is 0 Å². The Labute approximate surface area is 91.8 Å². The third-order valence-electron chi connectivity index (χ3n) is 2.15. The van der Waals surface area contributed by atoms with Crippen LogP contribution < -0.4 is 0 Å². The molecule has 1 aliphatic heterocycles. The van der Waals surface area contributed by atoms with Gasteiger partial charge in [-0.3, -0.25) is 0 Å². The first kappa shape index (κ1) is 10.1. The van der Waals surface area contributed by atoms with Crippen LogP contribution in [0.2, 0.25) is 0 Å². The standard InChI is InChI=1S/C10H13BrO3/c11-4-5-12-8-2-1-3-9-10(8)14-7-6-13-9/h1,3,8H,2,4-7H2. The second-order valence-corrected chi connectivity index (χ2v) is 3.90. The molecule has 2 rings (SSSR count). The second kappa shape index (κ2) is 4.84. The molecule has 1 atom stereocenters. The fraction of sp³-hybridized carbons (Fsp3) is 0.600. The lowest BCUT2D eigenvalue weighted by molar-refractivity contribution is -0.00656. The predicted molar refractivity (Wildman–Crippen MR) is 56.2 cm³/mol. The van der Waals surface area contributed by atoms with Crippen LogP contribution in [0.25, 0.3) is 0 Å². The summed E-state index contributed by atoms with van der Waals surface area (Å²) in [6.45, 7) is 1.95. The normalized spacial score (nSPS) is 25.4. The Balaban J connectivity index is 2.04. The molecule has 1 unspecified atom stereocenters. The zero-order valence-corrected chi connectivity index (χ0v) is 9.46. The highest BCUT2D eigenvalue weighted by atomic mass is 79.9. The SMILES string of the molecule is BrCCOC1CC=CC2=C1OCCO2. The summed E-state index contributed by atoms with van der Waals surface area (Å²) in [5.74, 6) is 1.70. The van der Waals surface area contributed by atoms with E-state index < -0.39 is 0 Å². The van der Waals surface area contributed by atoms with Crippen molar-refractivity contribution in [3.05, 3.63) is 23.7 Å². The van der Waals surface area contributed by atoms with Gasteiger partial charge in [-0.25, -0.2) is 0 Å². The number of halogens is 1. The van der Waals surface area contributed by atoms with Crippen molar-refractivity contribution in [3.8, 4) is 0 Å². The summed E-state index contributed by atoms with van der Waals surface area (Å²) in [7, 11) is 0. The first-order chi connectivity index (χ1) is 6.92. The zero-order chi connectivity index (χ0) is 9.80. The maximum Gasteiger partial charge on any atom is 0.167 e. The molecule has 4 heteroatoms. The van der Waals surface area contributed by atoms with E-state index >= 15 is 0 Å². The molecule has 0 saturated carbocycles. The minimum absolute atomic E-state index is 0.0350. The third-order valence-corrected chi connectivity index (χ3v) is 2.47. The van der Waals surface area contributed by atoms with E-state index in [4.69, 9.17) is 14.2 Å². The van der Waals surface area contributed by atoms with Crippen molar-refractivity contribution in [2.75, 3.05) is 25.2 Å². The lowest BCUT2D eigenvalue weighted by Crippen LogP contribution is -2.27. The molecule has 0 spiro atoms. The number of ether oxygens (including phenoxy) is 3. The van der Waals surface area contributed by atoms with Crippen LogP contribution in [0.3, 0.4) is 0 Å². The molecule has 0 bridgehead atoms. The third kappa shape index (κ3) is 2.12. The molecule has 14 heavy (non-hydrogen) atoms. The predicted octanol–water partition coefficient (Wildman–Crippen LogP) is 1.98. The molecule has 0 amide bonds. The Morgan fingerprint density at radius 1 is 1.43 bits per heavy atom. The highest BCUT2D eigenvalue weighted by Crippen LogP contribution is 2.26. The summed E-state index contributed by atoms with van der Waals surface area (Å²) in [4.78, 5) is 0. The van der Waals surface area contributed by atoms with Crippen molar-refractivity contribution < 1.29 is 14.2 Å². The maximum atomic E-state index is 5.64. The van der Waals surface area contributed by atoms with Gasteiger partial charge in [0.1, 0.15) is 19.3 Å². The highest BCUT2D eigenvalue weighted by molar-refractivity contribution is 9.09. The summed E-state index contributed by atoms with van der Waals surface area (Å²) < 4.78 is 16.7. The van der Waals surface area contributed by atoms with E-state index in [1.165, 1.54) is 0 Å². The smallest absolute Gasteiger partial charge is 0.167 e. The number of rotatable bonds is 3. The molecule has 0 radical (unpaired) electrons. The van der Waals surface area contributed by atoms with Crippen molar-refractivity contribution in [1.29, 1.82) is 0 Å². The van der Waals surface area contributed by atoms with Gasteiger partial charge >= 0.3 is 0 Å². The lowest BCUT2D eigenvalue weighted by atomic mass is 10.1. The van der Waals surface area contributed by atoms with E-state index in [1.54, 1.807) is 0 Å². The van der Waals surface area contributed by atoms with E-state index in [0.29, 0.717) is 19.8 Å². The molecule has 0 N–H and O–H groups in total. The first-order valence-electron chi connectivity index (χ1n) is 4.75. The molecule has 0 saturated heterocycles. The van der Waals surface area contributed by atoms with Gasteiger partial charge in [0.05, 0.1) is 6.61 Å². The van der Waals surface area contributed by atoms with Gasteiger partial charge in [-0.05, 0) is 12.5 Å². The number of allylic oxidation sites excluding steroid dienone is 1. The highest BCUT2D eigenvalue weighted by Gasteiger charge is 2.25. The number of hydrogen-bond donors (Lipinski definition) is 0. The summed E-state index contributed by atoms with van der Waals surface area (Å²) in [5, 5.41) is 0.844. The summed E-state index contributed by atoms with van der Waals surface area (Å²) in [6.07, 6.45) is 4.93. The molecule has 0 aromatic heterocycles. The first-order valence-corrected chi connectivity index (χ1v) is 5.88. The monoisotopic (exact) mass is 260 g/mol. The Hall–Kier alpha value is -0.480. The molecule has 1 heterocycles. The van der Waals surface area contributed by atoms with Crippen LogP contribution in [0.5, 0.6) is 0 Å². The molecule has 2 aliphatic rings. The molecule has 1 aliphatic carbocycles. The van der Waals surface area contributed by atoms with Gasteiger partial charge in [0.15, 0.2) is 11.5 Å². The van der Waals surface area contributed by atoms with Crippen LogP contribution >= 0.6 is 15.9 Å². The Morgan fingerprint density at radius 2 is 2.29 bits per heavy atom. The minimum Gasteiger partial charge on any atom is -0.488 e. The molecule has 3 nitrogen and oxygen atoms in total. The van der Waals surface area contributed by atoms with Gasteiger partial charge in [0.25, 0.3) is 0 Å². The number of hydrogen-bond acceptors (Lipinski definition) is 3. The van der Waals surface area contributed by atoms with Gasteiger partial charge in [0, 0.05) is 5.33 Å². The summed E-state index contributed by atoms with van der Waals surface area (Å²) in [6, 6.07) is 0. The molecular weight excluding hydrogens is 248 g/mol. The van der Waals surface area contributed by atoms with Crippen LogP contribution in [0.1, 0.15) is 6.42 Å². The van der Waals surface area contributed by atoms with Crippen LogP contribution in [0, 0.1) is 0 Å². The molecule has 78 valence electrons. The Morgan fingerprint density at radius 3 is 3.14 bits per heavy atom. The average molecular weight is 261 g/mol. The quantitative estimate of drug-likeness (QED) is 0.727. The lowest BCUT2D eigenvalue weighted by Gasteiger charge is -2.28. The minimum atomic E-state index is 0.0350. The Bertz CT molecular complexity index is 260. The average Bonchev–Trinajstić information content (AvgIpc) is 2.26. The van der Waals surface area contributed by atoms with Crippen LogP contribution in [-0.4, -0.2) is 31.3 Å². The van der Waals surface area contributed by atoms with Gasteiger partial charge in [-0.15, -0.1) is 0 Å². The van der Waals surface area contributed by atoms with Gasteiger partial charge < -0.3 is 14.2 Å². The van der Waals surface area contributed by atoms with Crippen LogP contribution in [0.15, 0.2) is 23.7 Å². The topological polar surface area (TPSA) is 27.7 Å². The van der Waals surface area contributed by atoms with E-state index in [-0.39, 0.29) is 6.10 Å². The number of alkyl halides is 1. The summed E-state index contributed by atoms with van der Waals surface area (Å²) >= 11 is 3.33. The van der Waals surface area contributed by atoms with Crippen LogP contribution in [0.4, 0.5) is 0 Å². The van der Waals surface area contributed by atoms with Gasteiger partial charge in [-0.2, -0.15) is 0 Å². The Kier molecular flexibility index (Phi) is 3.48. The second-order valence-electron chi connectivity index (χ2n) is 3.11. The molecule has 0 aromatic rings. The largest absolute Gasteiger partial charge is 0.488 e. The zero-order valence-electron chi connectivity index (χ0n) is 7.87. The maximum absolute atomic E-state index is 5.64. The molecule has 0 aromatic carbocycles. The van der Waals surface area contributed by atoms with E-state index in [2.05, 4.69) is 22.0 Å².